The second kappa shape index (κ2) is 9.34. The molecule has 1 aromatic rings. The Kier molecular flexibility index (Phi) is 8.59. The minimum absolute atomic E-state index is 0. The molecule has 0 radical (unpaired) electrons. The Hall–Kier alpha value is -1.59. The van der Waals surface area contributed by atoms with Crippen molar-refractivity contribution in [1.29, 1.82) is 0 Å². The molecule has 0 atom stereocenters. The van der Waals surface area contributed by atoms with Crippen molar-refractivity contribution < 1.29 is 9.59 Å². The zero-order chi connectivity index (χ0) is 14.3. The summed E-state index contributed by atoms with van der Waals surface area (Å²) in [5.74, 6) is -0.00704. The lowest BCUT2D eigenvalue weighted by Gasteiger charge is -2.10. The molecule has 0 heterocycles. The van der Waals surface area contributed by atoms with E-state index in [9.17, 15) is 9.59 Å². The van der Waals surface area contributed by atoms with Gasteiger partial charge in [-0.05, 0) is 24.7 Å². The Balaban J connectivity index is 0.00000361. The van der Waals surface area contributed by atoms with E-state index in [4.69, 9.17) is 0 Å². The average molecular weight is 300 g/mol. The molecule has 20 heavy (non-hydrogen) atoms. The third-order valence-electron chi connectivity index (χ3n) is 2.70. The van der Waals surface area contributed by atoms with Gasteiger partial charge in [-0.15, -0.1) is 12.4 Å². The van der Waals surface area contributed by atoms with Crippen molar-refractivity contribution in [3.05, 3.63) is 35.4 Å². The largest absolute Gasteiger partial charge is 0.352 e. The predicted octanol–water partition coefficient (Wildman–Crippen LogP) is 1.04. The van der Waals surface area contributed by atoms with Crippen LogP contribution in [0.1, 0.15) is 22.3 Å². The summed E-state index contributed by atoms with van der Waals surface area (Å²) in [4.78, 5) is 24.7. The van der Waals surface area contributed by atoms with Crippen molar-refractivity contribution in [3.8, 4) is 0 Å². The van der Waals surface area contributed by atoms with Crippen molar-refractivity contribution in [2.45, 2.75) is 13.0 Å². The summed E-state index contributed by atoms with van der Waals surface area (Å²) in [6, 6.07) is 7.26. The Labute approximate surface area is 126 Å². The minimum atomic E-state index is -0.0235. The van der Waals surface area contributed by atoms with E-state index in [1.54, 1.807) is 26.2 Å². The van der Waals surface area contributed by atoms with Gasteiger partial charge >= 0.3 is 0 Å². The maximum Gasteiger partial charge on any atom is 0.253 e. The van der Waals surface area contributed by atoms with Gasteiger partial charge in [-0.3, -0.25) is 9.59 Å². The van der Waals surface area contributed by atoms with Gasteiger partial charge in [0.25, 0.3) is 5.91 Å². The molecule has 0 spiro atoms. The van der Waals surface area contributed by atoms with Gasteiger partial charge < -0.3 is 15.5 Å². The van der Waals surface area contributed by atoms with Crippen molar-refractivity contribution in [2.24, 2.45) is 0 Å². The zero-order valence-electron chi connectivity index (χ0n) is 12.1. The summed E-state index contributed by atoms with van der Waals surface area (Å²) in [5.41, 5.74) is 1.63. The summed E-state index contributed by atoms with van der Waals surface area (Å²) in [7, 11) is 5.25. The van der Waals surface area contributed by atoms with Crippen molar-refractivity contribution in [3.63, 3.8) is 0 Å². The second-order valence-electron chi connectivity index (χ2n) is 4.53. The third kappa shape index (κ3) is 6.04. The molecule has 0 saturated carbocycles. The number of carbonyl (C=O) groups excluding carboxylic acids is 2. The lowest BCUT2D eigenvalue weighted by Crippen LogP contribution is -2.26. The summed E-state index contributed by atoms with van der Waals surface area (Å²) < 4.78 is 0. The van der Waals surface area contributed by atoms with Gasteiger partial charge in [-0.2, -0.15) is 0 Å². The van der Waals surface area contributed by atoms with E-state index in [-0.39, 0.29) is 24.2 Å². The molecule has 2 N–H and O–H groups in total. The van der Waals surface area contributed by atoms with E-state index >= 15 is 0 Å². The van der Waals surface area contributed by atoms with E-state index in [2.05, 4.69) is 10.6 Å². The molecule has 5 nitrogen and oxygen atoms in total. The number of hydrogen-bond acceptors (Lipinski definition) is 3. The second-order valence-corrected chi connectivity index (χ2v) is 4.53. The maximum atomic E-state index is 11.7. The Morgan fingerprint density at radius 2 is 1.75 bits per heavy atom. The van der Waals surface area contributed by atoms with Crippen LogP contribution in [0.25, 0.3) is 0 Å². The molecule has 0 unspecified atom stereocenters. The van der Waals surface area contributed by atoms with Crippen LogP contribution in [0.4, 0.5) is 0 Å². The highest BCUT2D eigenvalue weighted by Gasteiger charge is 2.07. The average Bonchev–Trinajstić information content (AvgIpc) is 2.42. The summed E-state index contributed by atoms with van der Waals surface area (Å²) in [6.45, 7) is 1.15. The van der Waals surface area contributed by atoms with Crippen LogP contribution in [-0.4, -0.2) is 44.4 Å². The van der Waals surface area contributed by atoms with Crippen LogP contribution in [0.3, 0.4) is 0 Å². The highest BCUT2D eigenvalue weighted by atomic mass is 35.5. The number of nitrogens with one attached hydrogen (secondary N) is 2. The van der Waals surface area contributed by atoms with Crippen LogP contribution in [0.5, 0.6) is 0 Å². The fourth-order valence-corrected chi connectivity index (χ4v) is 1.55. The van der Waals surface area contributed by atoms with Crippen LogP contribution in [-0.2, 0) is 11.3 Å². The highest BCUT2D eigenvalue weighted by Crippen LogP contribution is 2.06. The first-order chi connectivity index (χ1) is 9.04. The normalized spacial score (nSPS) is 9.55. The zero-order valence-corrected chi connectivity index (χ0v) is 12.9. The van der Waals surface area contributed by atoms with Crippen molar-refractivity contribution in [1.82, 2.24) is 15.5 Å². The van der Waals surface area contributed by atoms with Gasteiger partial charge in [0.2, 0.25) is 5.91 Å². The van der Waals surface area contributed by atoms with E-state index in [1.165, 1.54) is 4.90 Å². The van der Waals surface area contributed by atoms with Gasteiger partial charge in [0.05, 0.1) is 0 Å². The number of hydrogen-bond donors (Lipinski definition) is 2. The molecule has 1 rings (SSSR count). The lowest BCUT2D eigenvalue weighted by atomic mass is 10.1. The predicted molar refractivity (Wildman–Crippen MR) is 82.1 cm³/mol. The summed E-state index contributed by atoms with van der Waals surface area (Å²) in [6.07, 6.45) is 0.466. The first-order valence-electron chi connectivity index (χ1n) is 6.26. The van der Waals surface area contributed by atoms with E-state index < -0.39 is 0 Å². The molecule has 0 aliphatic heterocycles. The fourth-order valence-electron chi connectivity index (χ4n) is 1.55. The Morgan fingerprint density at radius 1 is 1.15 bits per heavy atom. The number of amides is 2. The Morgan fingerprint density at radius 3 is 2.25 bits per heavy atom. The highest BCUT2D eigenvalue weighted by molar-refractivity contribution is 5.93. The molecule has 2 amide bonds. The molecule has 0 bridgehead atoms. The van der Waals surface area contributed by atoms with Gasteiger partial charge in [0.1, 0.15) is 0 Å². The van der Waals surface area contributed by atoms with Gasteiger partial charge in [-0.25, -0.2) is 0 Å². The number of halogens is 1. The quantitative estimate of drug-likeness (QED) is 0.825. The fraction of sp³-hybridized carbons (Fsp3) is 0.429. The topological polar surface area (TPSA) is 61.4 Å². The molecule has 112 valence electrons. The van der Waals surface area contributed by atoms with E-state index in [0.29, 0.717) is 25.1 Å². The van der Waals surface area contributed by atoms with Gasteiger partial charge in [-0.1, -0.05) is 12.1 Å². The van der Waals surface area contributed by atoms with Crippen LogP contribution in [0.2, 0.25) is 0 Å². The number of rotatable bonds is 6. The molecule has 0 aliphatic rings. The monoisotopic (exact) mass is 299 g/mol. The number of carbonyl (C=O) groups is 2. The lowest BCUT2D eigenvalue weighted by molar-refractivity contribution is -0.121. The van der Waals surface area contributed by atoms with E-state index in [1.807, 2.05) is 19.2 Å². The standard InChI is InChI=1S/C14H21N3O2.ClH/c1-15-9-8-13(18)16-10-11-4-6-12(7-5-11)14(19)17(2)3;/h4-7,15H,8-10H2,1-3H3,(H,16,18);1H. The molecule has 1 aromatic carbocycles. The van der Waals surface area contributed by atoms with Crippen LogP contribution >= 0.6 is 12.4 Å². The maximum absolute atomic E-state index is 11.7. The molecule has 0 fully saturated rings. The number of benzene rings is 1. The minimum Gasteiger partial charge on any atom is -0.352 e. The van der Waals surface area contributed by atoms with Gasteiger partial charge in [0, 0.05) is 39.2 Å². The first kappa shape index (κ1) is 18.4. The molecule has 0 aliphatic carbocycles. The Bertz CT molecular complexity index is 433. The summed E-state index contributed by atoms with van der Waals surface area (Å²) >= 11 is 0. The molecule has 6 heteroatoms. The smallest absolute Gasteiger partial charge is 0.253 e. The van der Waals surface area contributed by atoms with Crippen LogP contribution < -0.4 is 10.6 Å². The van der Waals surface area contributed by atoms with Crippen molar-refractivity contribution in [2.75, 3.05) is 27.7 Å². The molecular weight excluding hydrogens is 278 g/mol. The molecule has 0 saturated heterocycles. The van der Waals surface area contributed by atoms with Crippen LogP contribution in [0, 0.1) is 0 Å². The number of nitrogens with zero attached hydrogens (tertiary/aromatic N) is 1. The van der Waals surface area contributed by atoms with Crippen molar-refractivity contribution >= 4 is 24.2 Å². The first-order valence-corrected chi connectivity index (χ1v) is 6.26. The van der Waals surface area contributed by atoms with Crippen LogP contribution in [0.15, 0.2) is 24.3 Å². The van der Waals surface area contributed by atoms with Gasteiger partial charge in [0.15, 0.2) is 0 Å². The molecular formula is C14H22ClN3O2. The summed E-state index contributed by atoms with van der Waals surface area (Å²) in [5, 5.41) is 5.76. The third-order valence-corrected chi connectivity index (χ3v) is 2.70. The molecule has 0 aromatic heterocycles. The SMILES string of the molecule is CNCCC(=O)NCc1ccc(C(=O)N(C)C)cc1.Cl. The van der Waals surface area contributed by atoms with E-state index in [0.717, 1.165) is 5.56 Å².